The number of aromatic nitrogens is 1. The van der Waals surface area contributed by atoms with Crippen LogP contribution in [0.15, 0.2) is 66.7 Å². The predicted octanol–water partition coefficient (Wildman–Crippen LogP) is 4.19. The topological polar surface area (TPSA) is 59.5 Å². The van der Waals surface area contributed by atoms with Crippen LogP contribution >= 0.6 is 0 Å². The van der Waals surface area contributed by atoms with Crippen LogP contribution in [0.2, 0.25) is 0 Å². The molecule has 30 heavy (non-hydrogen) atoms. The third kappa shape index (κ3) is 4.10. The zero-order valence-corrected chi connectivity index (χ0v) is 17.2. The van der Waals surface area contributed by atoms with Crippen LogP contribution in [0.25, 0.3) is 11.3 Å². The van der Waals surface area contributed by atoms with Crippen molar-refractivity contribution >= 4 is 11.9 Å². The first-order chi connectivity index (χ1) is 14.5. The number of rotatable bonds is 4. The van der Waals surface area contributed by atoms with Gasteiger partial charge in [0.15, 0.2) is 6.10 Å². The van der Waals surface area contributed by atoms with Crippen LogP contribution < -0.4 is 0 Å². The van der Waals surface area contributed by atoms with Gasteiger partial charge in [0.05, 0.1) is 17.0 Å². The average Bonchev–Trinajstić information content (AvgIpc) is 2.78. The first-order valence-electron chi connectivity index (χ1n) is 10.1. The second kappa shape index (κ2) is 8.49. The van der Waals surface area contributed by atoms with Crippen LogP contribution in [0.1, 0.15) is 34.1 Å². The molecular formula is C25H24N2O3. The van der Waals surface area contributed by atoms with E-state index in [1.807, 2.05) is 48.5 Å². The van der Waals surface area contributed by atoms with Crippen LogP contribution in [0.5, 0.6) is 0 Å². The highest BCUT2D eigenvalue weighted by Crippen LogP contribution is 2.21. The lowest BCUT2D eigenvalue weighted by molar-refractivity contribution is -0.140. The number of hydrogen-bond donors (Lipinski definition) is 0. The van der Waals surface area contributed by atoms with E-state index >= 15 is 0 Å². The van der Waals surface area contributed by atoms with Gasteiger partial charge in [-0.3, -0.25) is 9.78 Å². The smallest absolute Gasteiger partial charge is 0.340 e. The van der Waals surface area contributed by atoms with E-state index in [4.69, 9.17) is 4.74 Å². The molecule has 0 aliphatic carbocycles. The average molecular weight is 400 g/mol. The van der Waals surface area contributed by atoms with Gasteiger partial charge in [-0.2, -0.15) is 0 Å². The van der Waals surface area contributed by atoms with Gasteiger partial charge in [0.25, 0.3) is 5.91 Å². The highest BCUT2D eigenvalue weighted by molar-refractivity contribution is 5.93. The number of esters is 1. The lowest BCUT2D eigenvalue weighted by atomic mass is 9.99. The second-order valence-corrected chi connectivity index (χ2v) is 7.52. The van der Waals surface area contributed by atoms with E-state index in [0.29, 0.717) is 24.3 Å². The number of aryl methyl sites for hydroxylation is 1. The van der Waals surface area contributed by atoms with Crippen LogP contribution in [-0.2, 0) is 22.5 Å². The Bertz CT molecular complexity index is 1080. The van der Waals surface area contributed by atoms with Crippen LogP contribution in [0, 0.1) is 6.92 Å². The van der Waals surface area contributed by atoms with E-state index in [1.165, 1.54) is 5.56 Å². The molecule has 0 fully saturated rings. The summed E-state index contributed by atoms with van der Waals surface area (Å²) in [5, 5.41) is 0. The fourth-order valence-electron chi connectivity index (χ4n) is 3.76. The maximum absolute atomic E-state index is 12.8. The summed E-state index contributed by atoms with van der Waals surface area (Å²) in [6.07, 6.45) is -0.0389. The molecule has 1 atom stereocenters. The standard InChI is InChI=1S/C25H24N2O3/c1-17-22(12-13-23(26-17)20-9-4-3-5-10-20)25(29)30-18(2)24(28)27-15-14-19-8-6-7-11-21(19)16-27/h3-13,18H,14-16H2,1-2H3. The Hall–Kier alpha value is -3.47. The first kappa shape index (κ1) is 19.8. The van der Waals surface area contributed by atoms with Crippen molar-refractivity contribution in [1.82, 2.24) is 9.88 Å². The van der Waals surface area contributed by atoms with Crippen molar-refractivity contribution in [3.05, 3.63) is 89.1 Å². The van der Waals surface area contributed by atoms with E-state index in [0.717, 1.165) is 23.2 Å². The maximum atomic E-state index is 12.8. The number of hydrogen-bond acceptors (Lipinski definition) is 4. The molecule has 0 spiro atoms. The fourth-order valence-corrected chi connectivity index (χ4v) is 3.76. The van der Waals surface area contributed by atoms with Crippen molar-refractivity contribution in [3.63, 3.8) is 0 Å². The molecule has 1 aliphatic rings. The fraction of sp³-hybridized carbons (Fsp3) is 0.240. The Kier molecular flexibility index (Phi) is 5.61. The molecule has 1 unspecified atom stereocenters. The van der Waals surface area contributed by atoms with Crippen molar-refractivity contribution in [2.24, 2.45) is 0 Å². The Morgan fingerprint density at radius 1 is 0.967 bits per heavy atom. The molecule has 0 saturated heterocycles. The molecule has 152 valence electrons. The molecule has 3 aromatic rings. The van der Waals surface area contributed by atoms with Crippen LogP contribution in [0.3, 0.4) is 0 Å². The van der Waals surface area contributed by atoms with Gasteiger partial charge in [0.2, 0.25) is 0 Å². The Morgan fingerprint density at radius 2 is 1.67 bits per heavy atom. The molecular weight excluding hydrogens is 376 g/mol. The van der Waals surface area contributed by atoms with Gasteiger partial charge in [-0.1, -0.05) is 54.6 Å². The van der Waals surface area contributed by atoms with E-state index < -0.39 is 12.1 Å². The summed E-state index contributed by atoms with van der Waals surface area (Å²) in [5.74, 6) is -0.706. The molecule has 4 rings (SSSR count). The van der Waals surface area contributed by atoms with Crippen molar-refractivity contribution in [3.8, 4) is 11.3 Å². The predicted molar refractivity (Wildman–Crippen MR) is 115 cm³/mol. The van der Waals surface area contributed by atoms with Gasteiger partial charge in [-0.05, 0) is 43.5 Å². The maximum Gasteiger partial charge on any atom is 0.340 e. The summed E-state index contributed by atoms with van der Waals surface area (Å²) in [4.78, 5) is 31.8. The molecule has 0 saturated carbocycles. The minimum absolute atomic E-state index is 0.177. The first-order valence-corrected chi connectivity index (χ1v) is 10.1. The number of ether oxygens (including phenoxy) is 1. The van der Waals surface area contributed by atoms with E-state index in [1.54, 1.807) is 30.9 Å². The van der Waals surface area contributed by atoms with E-state index in [-0.39, 0.29) is 5.91 Å². The van der Waals surface area contributed by atoms with Gasteiger partial charge < -0.3 is 9.64 Å². The van der Waals surface area contributed by atoms with E-state index in [2.05, 4.69) is 11.1 Å². The quantitative estimate of drug-likeness (QED) is 0.616. The SMILES string of the molecule is Cc1nc(-c2ccccc2)ccc1C(=O)OC(C)C(=O)N1CCc2ccccc2C1. The van der Waals surface area contributed by atoms with Crippen molar-refractivity contribution in [2.45, 2.75) is 32.9 Å². The molecule has 5 heteroatoms. The summed E-state index contributed by atoms with van der Waals surface area (Å²) in [6, 6.07) is 21.4. The second-order valence-electron chi connectivity index (χ2n) is 7.52. The molecule has 1 aromatic heterocycles. The number of amides is 1. The zero-order valence-electron chi connectivity index (χ0n) is 17.2. The summed E-state index contributed by atoms with van der Waals surface area (Å²) in [6.45, 7) is 4.58. The molecule has 0 bridgehead atoms. The molecule has 0 N–H and O–H groups in total. The highest BCUT2D eigenvalue weighted by Gasteiger charge is 2.27. The number of carbonyl (C=O) groups is 2. The highest BCUT2D eigenvalue weighted by atomic mass is 16.5. The molecule has 1 amide bonds. The van der Waals surface area contributed by atoms with Gasteiger partial charge in [-0.15, -0.1) is 0 Å². The third-order valence-corrected chi connectivity index (χ3v) is 5.45. The van der Waals surface area contributed by atoms with E-state index in [9.17, 15) is 9.59 Å². The van der Waals surface area contributed by atoms with Crippen molar-refractivity contribution < 1.29 is 14.3 Å². The Labute approximate surface area is 176 Å². The summed E-state index contributed by atoms with van der Waals surface area (Å²) < 4.78 is 5.50. The van der Waals surface area contributed by atoms with Crippen LogP contribution in [0.4, 0.5) is 0 Å². The molecule has 5 nitrogen and oxygen atoms in total. The minimum Gasteiger partial charge on any atom is -0.449 e. The number of fused-ring (bicyclic) bond motifs is 1. The largest absolute Gasteiger partial charge is 0.449 e. The summed E-state index contributed by atoms with van der Waals surface area (Å²) in [7, 11) is 0. The number of benzene rings is 2. The van der Waals surface area contributed by atoms with Gasteiger partial charge in [0, 0.05) is 18.7 Å². The summed E-state index contributed by atoms with van der Waals surface area (Å²) in [5.41, 5.74) is 5.14. The zero-order chi connectivity index (χ0) is 21.1. The van der Waals surface area contributed by atoms with Crippen molar-refractivity contribution in [1.29, 1.82) is 0 Å². The third-order valence-electron chi connectivity index (χ3n) is 5.45. The summed E-state index contributed by atoms with van der Waals surface area (Å²) >= 11 is 0. The minimum atomic E-state index is -0.851. The monoisotopic (exact) mass is 400 g/mol. The number of carbonyl (C=O) groups excluding carboxylic acids is 2. The lowest BCUT2D eigenvalue weighted by Crippen LogP contribution is -2.42. The molecule has 2 heterocycles. The molecule has 0 radical (unpaired) electrons. The van der Waals surface area contributed by atoms with Crippen LogP contribution in [-0.4, -0.2) is 34.4 Å². The van der Waals surface area contributed by atoms with Gasteiger partial charge in [0.1, 0.15) is 0 Å². The normalized spacial score (nSPS) is 14.0. The van der Waals surface area contributed by atoms with Gasteiger partial charge >= 0.3 is 5.97 Å². The van der Waals surface area contributed by atoms with Gasteiger partial charge in [-0.25, -0.2) is 4.79 Å². The number of nitrogens with zero attached hydrogens (tertiary/aromatic N) is 2. The Morgan fingerprint density at radius 3 is 2.40 bits per heavy atom. The van der Waals surface area contributed by atoms with Crippen molar-refractivity contribution in [2.75, 3.05) is 6.54 Å². The Balaban J connectivity index is 1.43. The lowest BCUT2D eigenvalue weighted by Gasteiger charge is -2.30. The number of pyridine rings is 1. The molecule has 2 aromatic carbocycles. The molecule has 1 aliphatic heterocycles.